The number of para-hydroxylation sites is 2. The highest BCUT2D eigenvalue weighted by molar-refractivity contribution is 5.79. The lowest BCUT2D eigenvalue weighted by Crippen LogP contribution is -2.50. The number of nitrogens with zero attached hydrogens (tertiary/aromatic N) is 2. The zero-order chi connectivity index (χ0) is 14.7. The number of rotatable bonds is 3. The van der Waals surface area contributed by atoms with E-state index in [0.29, 0.717) is 11.8 Å². The lowest BCUT2D eigenvalue weighted by molar-refractivity contribution is -0.135. The molecule has 1 heterocycles. The van der Waals surface area contributed by atoms with Gasteiger partial charge in [-0.1, -0.05) is 25.0 Å². The second-order valence-corrected chi connectivity index (χ2v) is 5.97. The summed E-state index contributed by atoms with van der Waals surface area (Å²) in [5.41, 5.74) is 1.13. The first kappa shape index (κ1) is 14.2. The summed E-state index contributed by atoms with van der Waals surface area (Å²) in [6.07, 6.45) is 4.62. The molecule has 1 aliphatic carbocycles. The lowest BCUT2D eigenvalue weighted by Gasteiger charge is -2.37. The molecule has 0 radical (unpaired) electrons. The number of ether oxygens (including phenoxy) is 1. The summed E-state index contributed by atoms with van der Waals surface area (Å²) in [7, 11) is 1.71. The molecule has 0 atom stereocenters. The Hall–Kier alpha value is -1.71. The fourth-order valence-corrected chi connectivity index (χ4v) is 3.49. The third-order valence-electron chi connectivity index (χ3n) is 4.72. The van der Waals surface area contributed by atoms with Crippen LogP contribution >= 0.6 is 0 Å². The van der Waals surface area contributed by atoms with Gasteiger partial charge in [0.15, 0.2) is 0 Å². The normalized spacial score (nSPS) is 19.9. The first-order chi connectivity index (χ1) is 10.3. The minimum Gasteiger partial charge on any atom is -0.495 e. The van der Waals surface area contributed by atoms with Crippen molar-refractivity contribution in [2.24, 2.45) is 5.92 Å². The molecule has 1 aliphatic heterocycles. The van der Waals surface area contributed by atoms with Crippen LogP contribution < -0.4 is 9.64 Å². The molecule has 1 amide bonds. The topological polar surface area (TPSA) is 32.8 Å². The summed E-state index contributed by atoms with van der Waals surface area (Å²) in [6, 6.07) is 8.11. The molecule has 2 fully saturated rings. The second kappa shape index (κ2) is 6.37. The van der Waals surface area contributed by atoms with E-state index < -0.39 is 0 Å². The van der Waals surface area contributed by atoms with Crippen molar-refractivity contribution in [2.75, 3.05) is 38.2 Å². The first-order valence-electron chi connectivity index (χ1n) is 7.96. The zero-order valence-corrected chi connectivity index (χ0v) is 12.8. The van der Waals surface area contributed by atoms with Crippen LogP contribution in [0.15, 0.2) is 24.3 Å². The van der Waals surface area contributed by atoms with Crippen LogP contribution in [0, 0.1) is 5.92 Å². The summed E-state index contributed by atoms with van der Waals surface area (Å²) in [6.45, 7) is 3.43. The summed E-state index contributed by atoms with van der Waals surface area (Å²) < 4.78 is 5.43. The van der Waals surface area contributed by atoms with Gasteiger partial charge in [0.2, 0.25) is 5.91 Å². The maximum atomic E-state index is 12.4. The molecule has 0 spiro atoms. The predicted octanol–water partition coefficient (Wildman–Crippen LogP) is 2.53. The number of hydrogen-bond acceptors (Lipinski definition) is 3. The van der Waals surface area contributed by atoms with Gasteiger partial charge in [0, 0.05) is 32.1 Å². The van der Waals surface area contributed by atoms with E-state index in [0.717, 1.165) is 50.5 Å². The Bertz CT molecular complexity index is 489. The smallest absolute Gasteiger partial charge is 0.225 e. The summed E-state index contributed by atoms with van der Waals surface area (Å²) in [5, 5.41) is 0. The molecule has 4 nitrogen and oxygen atoms in total. The Morgan fingerprint density at radius 3 is 2.43 bits per heavy atom. The molecule has 1 aromatic carbocycles. The molecule has 0 N–H and O–H groups in total. The minimum absolute atomic E-state index is 0.294. The van der Waals surface area contributed by atoms with Crippen molar-refractivity contribution in [1.29, 1.82) is 0 Å². The van der Waals surface area contributed by atoms with E-state index in [1.807, 2.05) is 18.2 Å². The van der Waals surface area contributed by atoms with Gasteiger partial charge in [-0.25, -0.2) is 0 Å². The van der Waals surface area contributed by atoms with Crippen molar-refractivity contribution in [2.45, 2.75) is 25.7 Å². The van der Waals surface area contributed by atoms with Crippen molar-refractivity contribution in [1.82, 2.24) is 4.90 Å². The number of carbonyl (C=O) groups excluding carboxylic acids is 1. The summed E-state index contributed by atoms with van der Waals surface area (Å²) in [5.74, 6) is 1.59. The van der Waals surface area contributed by atoms with Gasteiger partial charge in [-0.3, -0.25) is 4.79 Å². The molecule has 2 aliphatic rings. The highest BCUT2D eigenvalue weighted by Crippen LogP contribution is 2.30. The maximum Gasteiger partial charge on any atom is 0.225 e. The molecule has 0 aromatic heterocycles. The van der Waals surface area contributed by atoms with Crippen molar-refractivity contribution in [3.63, 3.8) is 0 Å². The van der Waals surface area contributed by atoms with Crippen molar-refractivity contribution >= 4 is 11.6 Å². The van der Waals surface area contributed by atoms with E-state index >= 15 is 0 Å². The number of piperazine rings is 1. The summed E-state index contributed by atoms with van der Waals surface area (Å²) in [4.78, 5) is 16.8. The van der Waals surface area contributed by atoms with Crippen LogP contribution in [-0.4, -0.2) is 44.1 Å². The molecule has 4 heteroatoms. The third kappa shape index (κ3) is 2.99. The van der Waals surface area contributed by atoms with Gasteiger partial charge in [-0.15, -0.1) is 0 Å². The highest BCUT2D eigenvalue weighted by atomic mass is 16.5. The number of anilines is 1. The molecule has 114 valence electrons. The zero-order valence-electron chi connectivity index (χ0n) is 12.8. The van der Waals surface area contributed by atoms with E-state index in [4.69, 9.17) is 4.74 Å². The van der Waals surface area contributed by atoms with Gasteiger partial charge in [-0.2, -0.15) is 0 Å². The first-order valence-corrected chi connectivity index (χ1v) is 7.96. The molecular formula is C17H24N2O2. The van der Waals surface area contributed by atoms with Crippen molar-refractivity contribution in [3.8, 4) is 5.75 Å². The SMILES string of the molecule is COc1ccccc1N1CCN(C(=O)C2CCCC2)CC1. The Balaban J connectivity index is 1.61. The minimum atomic E-state index is 0.294. The third-order valence-corrected chi connectivity index (χ3v) is 4.72. The molecule has 1 saturated heterocycles. The van der Waals surface area contributed by atoms with E-state index in [1.54, 1.807) is 7.11 Å². The highest BCUT2D eigenvalue weighted by Gasteiger charge is 2.29. The van der Waals surface area contributed by atoms with Gasteiger partial charge in [-0.05, 0) is 25.0 Å². The van der Waals surface area contributed by atoms with E-state index in [-0.39, 0.29) is 0 Å². The Morgan fingerprint density at radius 2 is 1.76 bits per heavy atom. The van der Waals surface area contributed by atoms with Gasteiger partial charge >= 0.3 is 0 Å². The number of amides is 1. The fourth-order valence-electron chi connectivity index (χ4n) is 3.49. The Labute approximate surface area is 126 Å². The lowest BCUT2D eigenvalue weighted by atomic mass is 10.1. The summed E-state index contributed by atoms with van der Waals surface area (Å²) >= 11 is 0. The largest absolute Gasteiger partial charge is 0.495 e. The van der Waals surface area contributed by atoms with Crippen LogP contribution in [0.1, 0.15) is 25.7 Å². The van der Waals surface area contributed by atoms with E-state index in [1.165, 1.54) is 12.8 Å². The van der Waals surface area contributed by atoms with E-state index in [9.17, 15) is 4.79 Å². The standard InChI is InChI=1S/C17H24N2O2/c1-21-16-9-5-4-8-15(16)18-10-12-19(13-11-18)17(20)14-6-2-3-7-14/h4-5,8-9,14H,2-3,6-7,10-13H2,1H3. The molecule has 3 rings (SSSR count). The van der Waals surface area contributed by atoms with Crippen LogP contribution in [0.5, 0.6) is 5.75 Å². The molecule has 21 heavy (non-hydrogen) atoms. The second-order valence-electron chi connectivity index (χ2n) is 5.97. The van der Waals surface area contributed by atoms with Gasteiger partial charge in [0.05, 0.1) is 12.8 Å². The van der Waals surface area contributed by atoms with Gasteiger partial charge in [0.1, 0.15) is 5.75 Å². The number of methoxy groups -OCH3 is 1. The molecule has 1 aromatic rings. The fraction of sp³-hybridized carbons (Fsp3) is 0.588. The van der Waals surface area contributed by atoms with E-state index in [2.05, 4.69) is 15.9 Å². The average molecular weight is 288 g/mol. The molecule has 1 saturated carbocycles. The van der Waals surface area contributed by atoms with Crippen molar-refractivity contribution in [3.05, 3.63) is 24.3 Å². The van der Waals surface area contributed by atoms with Crippen LogP contribution in [0.4, 0.5) is 5.69 Å². The van der Waals surface area contributed by atoms with Gasteiger partial charge in [0.25, 0.3) is 0 Å². The Kier molecular flexibility index (Phi) is 4.32. The quantitative estimate of drug-likeness (QED) is 0.857. The Morgan fingerprint density at radius 1 is 1.10 bits per heavy atom. The monoisotopic (exact) mass is 288 g/mol. The van der Waals surface area contributed by atoms with Crippen molar-refractivity contribution < 1.29 is 9.53 Å². The molecule has 0 bridgehead atoms. The number of benzene rings is 1. The van der Waals surface area contributed by atoms with Crippen LogP contribution in [0.25, 0.3) is 0 Å². The predicted molar refractivity (Wildman–Crippen MR) is 83.7 cm³/mol. The number of carbonyl (C=O) groups is 1. The average Bonchev–Trinajstić information content (AvgIpc) is 3.09. The van der Waals surface area contributed by atoms with Gasteiger partial charge < -0.3 is 14.5 Å². The van der Waals surface area contributed by atoms with Crippen LogP contribution in [0.3, 0.4) is 0 Å². The van der Waals surface area contributed by atoms with Crippen LogP contribution in [-0.2, 0) is 4.79 Å². The van der Waals surface area contributed by atoms with Crippen LogP contribution in [0.2, 0.25) is 0 Å². The molecule has 0 unspecified atom stereocenters. The molecular weight excluding hydrogens is 264 g/mol. The maximum absolute atomic E-state index is 12.4. The number of hydrogen-bond donors (Lipinski definition) is 0.